The van der Waals surface area contributed by atoms with Gasteiger partial charge in [0.2, 0.25) is 0 Å². The lowest BCUT2D eigenvalue weighted by molar-refractivity contribution is -0.132. The van der Waals surface area contributed by atoms with Crippen LogP contribution < -0.4 is 9.64 Å². The molecule has 3 aromatic rings. The van der Waals surface area contributed by atoms with E-state index in [-0.39, 0.29) is 11.3 Å². The van der Waals surface area contributed by atoms with Crippen molar-refractivity contribution in [2.45, 2.75) is 33.2 Å². The molecule has 0 spiro atoms. The highest BCUT2D eigenvalue weighted by molar-refractivity contribution is 7.14. The van der Waals surface area contributed by atoms with Gasteiger partial charge in [-0.05, 0) is 49.6 Å². The fraction of sp³-hybridized carbons (Fsp3) is 0.240. The number of aliphatic hydroxyl groups excluding tert-OH is 1. The predicted molar refractivity (Wildman–Crippen MR) is 125 cm³/mol. The molecular weight excluding hydrogens is 424 g/mol. The monoisotopic (exact) mass is 448 g/mol. The number of rotatable bonds is 6. The number of ether oxygens (including phenoxy) is 1. The molecule has 1 amide bonds. The molecule has 1 unspecified atom stereocenters. The van der Waals surface area contributed by atoms with Crippen molar-refractivity contribution in [3.8, 4) is 5.75 Å². The highest BCUT2D eigenvalue weighted by Gasteiger charge is 2.48. The molecule has 164 valence electrons. The van der Waals surface area contributed by atoms with Gasteiger partial charge in [0.1, 0.15) is 11.5 Å². The minimum Gasteiger partial charge on any atom is -0.507 e. The summed E-state index contributed by atoms with van der Waals surface area (Å²) in [5.41, 5.74) is 3.04. The zero-order chi connectivity index (χ0) is 22.8. The van der Waals surface area contributed by atoms with Gasteiger partial charge in [-0.1, -0.05) is 36.8 Å². The summed E-state index contributed by atoms with van der Waals surface area (Å²) < 4.78 is 5.67. The molecule has 1 fully saturated rings. The van der Waals surface area contributed by atoms with Gasteiger partial charge in [-0.3, -0.25) is 14.5 Å². The van der Waals surface area contributed by atoms with E-state index in [1.165, 1.54) is 16.2 Å². The quantitative estimate of drug-likeness (QED) is 0.319. The van der Waals surface area contributed by atoms with Crippen molar-refractivity contribution in [1.29, 1.82) is 0 Å². The normalized spacial score (nSPS) is 17.7. The lowest BCUT2D eigenvalue weighted by Crippen LogP contribution is -2.29. The van der Waals surface area contributed by atoms with Gasteiger partial charge in [0.15, 0.2) is 5.13 Å². The van der Waals surface area contributed by atoms with E-state index in [4.69, 9.17) is 4.74 Å². The van der Waals surface area contributed by atoms with Gasteiger partial charge in [-0.2, -0.15) is 0 Å². The van der Waals surface area contributed by atoms with E-state index in [1.807, 2.05) is 63.2 Å². The SMILES string of the molecule is CCCOc1ccc(C2C(=C(O)c3cc(C)ccc3C)C(=O)C(=O)N2c2nccs2)cc1. The number of aryl methyl sites for hydroxylation is 2. The van der Waals surface area contributed by atoms with E-state index in [2.05, 4.69) is 4.98 Å². The van der Waals surface area contributed by atoms with Crippen molar-refractivity contribution in [2.75, 3.05) is 11.5 Å². The molecule has 4 rings (SSSR count). The van der Waals surface area contributed by atoms with Crippen LogP contribution in [0.25, 0.3) is 5.76 Å². The maximum atomic E-state index is 13.2. The molecule has 32 heavy (non-hydrogen) atoms. The number of Topliss-reactive ketones (excluding diaryl/α,β-unsaturated/α-hetero) is 1. The van der Waals surface area contributed by atoms with Crippen LogP contribution in [0.5, 0.6) is 5.75 Å². The van der Waals surface area contributed by atoms with E-state index in [0.29, 0.717) is 28.6 Å². The maximum absolute atomic E-state index is 13.2. The van der Waals surface area contributed by atoms with Gasteiger partial charge in [0, 0.05) is 17.1 Å². The molecule has 0 aliphatic carbocycles. The number of amides is 1. The second-order valence-corrected chi connectivity index (χ2v) is 8.59. The summed E-state index contributed by atoms with van der Waals surface area (Å²) >= 11 is 1.27. The fourth-order valence-corrected chi connectivity index (χ4v) is 4.45. The Morgan fingerprint density at radius 3 is 2.56 bits per heavy atom. The second-order valence-electron chi connectivity index (χ2n) is 7.72. The molecule has 1 N–H and O–H groups in total. The standard InChI is InChI=1S/C25H24N2O4S/c1-4-12-31-18-9-7-17(8-10-18)21-20(22(28)19-14-15(2)5-6-16(19)3)23(29)24(30)27(21)25-26-11-13-32-25/h5-11,13-14,21,28H,4,12H2,1-3H3. The van der Waals surface area contributed by atoms with E-state index in [1.54, 1.807) is 11.6 Å². The maximum Gasteiger partial charge on any atom is 0.301 e. The van der Waals surface area contributed by atoms with E-state index >= 15 is 0 Å². The zero-order valence-corrected chi connectivity index (χ0v) is 19.0. The van der Waals surface area contributed by atoms with Crippen LogP contribution in [-0.2, 0) is 9.59 Å². The van der Waals surface area contributed by atoms with Crippen molar-refractivity contribution in [3.63, 3.8) is 0 Å². The topological polar surface area (TPSA) is 79.7 Å². The number of thiazole rings is 1. The first-order valence-electron chi connectivity index (χ1n) is 10.4. The summed E-state index contributed by atoms with van der Waals surface area (Å²) in [6, 6.07) is 12.1. The van der Waals surface area contributed by atoms with Crippen LogP contribution in [0.1, 0.15) is 41.6 Å². The number of benzene rings is 2. The van der Waals surface area contributed by atoms with Gasteiger partial charge in [-0.25, -0.2) is 4.98 Å². The molecule has 1 atom stereocenters. The number of carbonyl (C=O) groups excluding carboxylic acids is 2. The number of hydrogen-bond donors (Lipinski definition) is 1. The molecule has 1 saturated heterocycles. The molecule has 1 aromatic heterocycles. The molecule has 1 aliphatic heterocycles. The number of hydrogen-bond acceptors (Lipinski definition) is 6. The predicted octanol–water partition coefficient (Wildman–Crippen LogP) is 5.18. The highest BCUT2D eigenvalue weighted by atomic mass is 32.1. The van der Waals surface area contributed by atoms with Crippen molar-refractivity contribution in [2.24, 2.45) is 0 Å². The van der Waals surface area contributed by atoms with Crippen LogP contribution in [0.3, 0.4) is 0 Å². The molecule has 0 saturated carbocycles. The third-order valence-corrected chi connectivity index (χ3v) is 6.16. The average Bonchev–Trinajstić information content (AvgIpc) is 3.41. The van der Waals surface area contributed by atoms with Crippen molar-refractivity contribution in [3.05, 3.63) is 81.9 Å². The summed E-state index contributed by atoms with van der Waals surface area (Å²) in [4.78, 5) is 31.8. The lowest BCUT2D eigenvalue weighted by Gasteiger charge is -2.23. The first-order chi connectivity index (χ1) is 15.4. The number of anilines is 1. The Labute approximate surface area is 190 Å². The summed E-state index contributed by atoms with van der Waals surface area (Å²) in [7, 11) is 0. The first kappa shape index (κ1) is 21.8. The molecule has 2 heterocycles. The molecule has 0 radical (unpaired) electrons. The number of carbonyl (C=O) groups is 2. The summed E-state index contributed by atoms with van der Waals surface area (Å²) in [6.07, 6.45) is 2.48. The Bertz CT molecular complexity index is 1180. The van der Waals surface area contributed by atoms with E-state index in [9.17, 15) is 14.7 Å². The Balaban J connectivity index is 1.88. The summed E-state index contributed by atoms with van der Waals surface area (Å²) in [6.45, 7) is 6.41. The molecular formula is C25H24N2O4S. The first-order valence-corrected chi connectivity index (χ1v) is 11.3. The number of aromatic nitrogens is 1. The van der Waals surface area contributed by atoms with Crippen LogP contribution in [0.2, 0.25) is 0 Å². The third kappa shape index (κ3) is 3.91. The average molecular weight is 449 g/mol. The smallest absolute Gasteiger partial charge is 0.301 e. The minimum atomic E-state index is -0.790. The number of ketones is 1. The Morgan fingerprint density at radius 2 is 1.91 bits per heavy atom. The van der Waals surface area contributed by atoms with Gasteiger partial charge in [0.25, 0.3) is 5.78 Å². The second kappa shape index (κ2) is 8.96. The van der Waals surface area contributed by atoms with Crippen LogP contribution in [0.15, 0.2) is 59.6 Å². The van der Waals surface area contributed by atoms with Gasteiger partial charge in [-0.15, -0.1) is 11.3 Å². The fourth-order valence-electron chi connectivity index (χ4n) is 3.78. The van der Waals surface area contributed by atoms with Crippen molar-refractivity contribution >= 4 is 33.9 Å². The van der Waals surface area contributed by atoms with Crippen LogP contribution in [0.4, 0.5) is 5.13 Å². The van der Waals surface area contributed by atoms with Gasteiger partial charge < -0.3 is 9.84 Å². The van der Waals surface area contributed by atoms with Gasteiger partial charge >= 0.3 is 5.91 Å². The van der Waals surface area contributed by atoms with Crippen molar-refractivity contribution < 1.29 is 19.4 Å². The Kier molecular flexibility index (Phi) is 6.10. The zero-order valence-electron chi connectivity index (χ0n) is 18.2. The van der Waals surface area contributed by atoms with Crippen LogP contribution in [-0.4, -0.2) is 28.4 Å². The van der Waals surface area contributed by atoms with E-state index in [0.717, 1.165) is 17.5 Å². The summed E-state index contributed by atoms with van der Waals surface area (Å²) in [5.74, 6) is -0.908. The molecule has 2 aromatic carbocycles. The van der Waals surface area contributed by atoms with E-state index < -0.39 is 17.7 Å². The number of nitrogens with zero attached hydrogens (tertiary/aromatic N) is 2. The lowest BCUT2D eigenvalue weighted by atomic mass is 9.93. The largest absolute Gasteiger partial charge is 0.507 e. The number of aliphatic hydroxyl groups is 1. The van der Waals surface area contributed by atoms with Crippen molar-refractivity contribution in [1.82, 2.24) is 4.98 Å². The molecule has 1 aliphatic rings. The molecule has 6 nitrogen and oxygen atoms in total. The molecule has 0 bridgehead atoms. The van der Waals surface area contributed by atoms with Gasteiger partial charge in [0.05, 0.1) is 18.2 Å². The van der Waals surface area contributed by atoms with Crippen LogP contribution >= 0.6 is 11.3 Å². The highest BCUT2D eigenvalue weighted by Crippen LogP contribution is 2.43. The summed E-state index contributed by atoms with van der Waals surface area (Å²) in [5, 5.41) is 13.4. The minimum absolute atomic E-state index is 0.0566. The van der Waals surface area contributed by atoms with Crippen LogP contribution in [0, 0.1) is 13.8 Å². The third-order valence-electron chi connectivity index (χ3n) is 5.39. The molecule has 7 heteroatoms. The Hall–Kier alpha value is -3.45. The Morgan fingerprint density at radius 1 is 1.16 bits per heavy atom.